The van der Waals surface area contributed by atoms with Gasteiger partial charge in [-0.25, -0.2) is 8.78 Å². The Hall–Kier alpha value is -2.51. The highest BCUT2D eigenvalue weighted by Crippen LogP contribution is 2.26. The Morgan fingerprint density at radius 2 is 1.86 bits per heavy atom. The minimum atomic E-state index is -1.29. The summed E-state index contributed by atoms with van der Waals surface area (Å²) < 4.78 is 33.2. The summed E-state index contributed by atoms with van der Waals surface area (Å²) in [6.45, 7) is 3.79. The molecule has 0 saturated carbocycles. The van der Waals surface area contributed by atoms with Crippen LogP contribution in [0.25, 0.3) is 0 Å². The number of methoxy groups -OCH3 is 1. The number of ether oxygens (including phenoxy) is 1. The van der Waals surface area contributed by atoms with Gasteiger partial charge in [-0.2, -0.15) is 0 Å². The van der Waals surface area contributed by atoms with Gasteiger partial charge < -0.3 is 20.3 Å². The van der Waals surface area contributed by atoms with Crippen molar-refractivity contribution in [1.29, 1.82) is 0 Å². The van der Waals surface area contributed by atoms with Crippen LogP contribution < -0.4 is 10.1 Å². The Bertz CT molecular complexity index is 822. The number of carboxylic acid groups (broad SMARTS) is 1. The Morgan fingerprint density at radius 1 is 1.21 bits per heavy atom. The zero-order valence-corrected chi connectivity index (χ0v) is 16.1. The van der Waals surface area contributed by atoms with E-state index in [1.165, 1.54) is 6.07 Å². The van der Waals surface area contributed by atoms with E-state index in [2.05, 4.69) is 5.32 Å². The van der Waals surface area contributed by atoms with E-state index in [-0.39, 0.29) is 24.9 Å². The molecule has 0 spiro atoms. The summed E-state index contributed by atoms with van der Waals surface area (Å²) >= 11 is 0. The number of carbonyl (C=O) groups is 1. The molecule has 5 nitrogen and oxygen atoms in total. The van der Waals surface area contributed by atoms with Crippen molar-refractivity contribution in [2.75, 3.05) is 13.7 Å². The number of nitrogens with one attached hydrogen (secondary N) is 1. The lowest BCUT2D eigenvalue weighted by Crippen LogP contribution is -2.39. The van der Waals surface area contributed by atoms with Crippen molar-refractivity contribution in [3.8, 4) is 5.75 Å². The van der Waals surface area contributed by atoms with E-state index in [1.807, 2.05) is 38.1 Å². The van der Waals surface area contributed by atoms with E-state index >= 15 is 0 Å². The normalized spacial score (nSPS) is 12.6. The van der Waals surface area contributed by atoms with Crippen LogP contribution in [0.15, 0.2) is 36.4 Å². The largest absolute Gasteiger partial charge is 0.497 e. The van der Waals surface area contributed by atoms with Gasteiger partial charge >= 0.3 is 5.97 Å². The molecule has 0 heterocycles. The smallest absolute Gasteiger partial charge is 0.303 e. The van der Waals surface area contributed by atoms with Crippen molar-refractivity contribution in [3.05, 3.63) is 64.7 Å². The predicted octanol–water partition coefficient (Wildman–Crippen LogP) is 3.55. The fourth-order valence-corrected chi connectivity index (χ4v) is 2.88. The molecule has 0 aliphatic rings. The number of aliphatic carboxylic acids is 1. The number of benzene rings is 2. The summed E-state index contributed by atoms with van der Waals surface area (Å²) in [5.74, 6) is -2.55. The van der Waals surface area contributed by atoms with Crippen molar-refractivity contribution in [1.82, 2.24) is 5.32 Å². The molecular formula is C21H25F2NO4. The van der Waals surface area contributed by atoms with Crippen LogP contribution in [0.1, 0.15) is 43.1 Å². The molecule has 1 atom stereocenters. The second kappa shape index (κ2) is 9.12. The summed E-state index contributed by atoms with van der Waals surface area (Å²) in [5, 5.41) is 22.3. The number of hydrogen-bond acceptors (Lipinski definition) is 4. The molecule has 0 bridgehead atoms. The van der Waals surface area contributed by atoms with Crippen LogP contribution in [0.5, 0.6) is 5.75 Å². The van der Waals surface area contributed by atoms with Crippen molar-refractivity contribution < 1.29 is 28.5 Å². The Labute approximate surface area is 163 Å². The van der Waals surface area contributed by atoms with Crippen LogP contribution in [-0.4, -0.2) is 29.8 Å². The highest BCUT2D eigenvalue weighted by Gasteiger charge is 2.24. The summed E-state index contributed by atoms with van der Waals surface area (Å²) in [4.78, 5) is 10.7. The molecule has 0 fully saturated rings. The summed E-state index contributed by atoms with van der Waals surface area (Å²) in [7, 11) is 1.58. The minimum absolute atomic E-state index is 0.0161. The third kappa shape index (κ3) is 5.50. The van der Waals surface area contributed by atoms with Gasteiger partial charge in [0.15, 0.2) is 11.6 Å². The molecule has 0 aromatic heterocycles. The van der Waals surface area contributed by atoms with Gasteiger partial charge in [0.05, 0.1) is 13.2 Å². The van der Waals surface area contributed by atoms with Gasteiger partial charge in [0.2, 0.25) is 0 Å². The second-order valence-electron chi connectivity index (χ2n) is 7.12. The molecule has 0 unspecified atom stereocenters. The standard InChI is InChI=1S/C21H25F2NO4/c1-21(2,14-5-7-15(28-3)8-6-14)24-12-18(25)16-10-13(4-9-19(26)27)11-17(22)20(16)23/h5-8,10-11,18,24-25H,4,9,12H2,1-3H3,(H,26,27)/t18-/m1/s1. The molecule has 28 heavy (non-hydrogen) atoms. The SMILES string of the molecule is COc1ccc(C(C)(C)NC[C@@H](O)c2cc(CCC(=O)O)cc(F)c2F)cc1. The maximum atomic E-state index is 14.2. The zero-order valence-electron chi connectivity index (χ0n) is 16.1. The number of halogens is 2. The molecule has 0 aliphatic carbocycles. The summed E-state index contributed by atoms with van der Waals surface area (Å²) in [6, 6.07) is 9.67. The average Bonchev–Trinajstić information content (AvgIpc) is 2.67. The maximum absolute atomic E-state index is 14.2. The van der Waals surface area contributed by atoms with E-state index < -0.39 is 29.2 Å². The van der Waals surface area contributed by atoms with Crippen molar-refractivity contribution in [2.24, 2.45) is 0 Å². The number of hydrogen-bond donors (Lipinski definition) is 3. The molecule has 7 heteroatoms. The molecule has 2 aromatic carbocycles. The van der Waals surface area contributed by atoms with Gasteiger partial charge in [0.25, 0.3) is 0 Å². The van der Waals surface area contributed by atoms with Crippen molar-refractivity contribution >= 4 is 5.97 Å². The lowest BCUT2D eigenvalue weighted by atomic mass is 9.93. The third-order valence-electron chi connectivity index (χ3n) is 4.65. The maximum Gasteiger partial charge on any atom is 0.303 e. The number of aliphatic hydroxyl groups is 1. The molecule has 2 aromatic rings. The first kappa shape index (κ1) is 21.8. The Balaban J connectivity index is 2.12. The topological polar surface area (TPSA) is 78.8 Å². The lowest BCUT2D eigenvalue weighted by Gasteiger charge is -2.29. The first-order chi connectivity index (χ1) is 13.1. The molecule has 0 aliphatic heterocycles. The van der Waals surface area contributed by atoms with Crippen LogP contribution in [0, 0.1) is 11.6 Å². The summed E-state index contributed by atoms with van der Waals surface area (Å²) in [6.07, 6.45) is -1.45. The van der Waals surface area contributed by atoms with Crippen LogP contribution >= 0.6 is 0 Å². The predicted molar refractivity (Wildman–Crippen MR) is 101 cm³/mol. The quantitative estimate of drug-likeness (QED) is 0.607. The van der Waals surface area contributed by atoms with Crippen molar-refractivity contribution in [3.63, 3.8) is 0 Å². The molecule has 0 amide bonds. The molecule has 0 radical (unpaired) electrons. The van der Waals surface area contributed by atoms with Crippen LogP contribution in [0.3, 0.4) is 0 Å². The Morgan fingerprint density at radius 3 is 2.43 bits per heavy atom. The summed E-state index contributed by atoms with van der Waals surface area (Å²) in [5.41, 5.74) is 0.522. The number of rotatable bonds is 9. The number of carboxylic acids is 1. The fraction of sp³-hybridized carbons (Fsp3) is 0.381. The van der Waals surface area contributed by atoms with Gasteiger partial charge in [-0.1, -0.05) is 12.1 Å². The van der Waals surface area contributed by atoms with Gasteiger partial charge in [-0.3, -0.25) is 4.79 Å². The van der Waals surface area contributed by atoms with E-state index in [4.69, 9.17) is 9.84 Å². The van der Waals surface area contributed by atoms with Gasteiger partial charge in [-0.05, 0) is 55.7 Å². The van der Waals surface area contributed by atoms with Crippen LogP contribution in [0.2, 0.25) is 0 Å². The average molecular weight is 393 g/mol. The first-order valence-electron chi connectivity index (χ1n) is 8.91. The highest BCUT2D eigenvalue weighted by atomic mass is 19.2. The number of aryl methyl sites for hydroxylation is 1. The molecule has 3 N–H and O–H groups in total. The Kier molecular flexibility index (Phi) is 7.10. The molecular weight excluding hydrogens is 368 g/mol. The van der Waals surface area contributed by atoms with E-state index in [0.29, 0.717) is 5.56 Å². The van der Waals surface area contributed by atoms with E-state index in [0.717, 1.165) is 17.4 Å². The molecule has 0 saturated heterocycles. The van der Waals surface area contributed by atoms with Crippen LogP contribution in [-0.2, 0) is 16.8 Å². The lowest BCUT2D eigenvalue weighted by molar-refractivity contribution is -0.136. The highest BCUT2D eigenvalue weighted by molar-refractivity contribution is 5.67. The minimum Gasteiger partial charge on any atom is -0.497 e. The van der Waals surface area contributed by atoms with Crippen molar-refractivity contribution in [2.45, 2.75) is 38.3 Å². The van der Waals surface area contributed by atoms with E-state index in [1.54, 1.807) is 7.11 Å². The first-order valence-corrected chi connectivity index (χ1v) is 8.91. The monoisotopic (exact) mass is 393 g/mol. The van der Waals surface area contributed by atoms with Gasteiger partial charge in [-0.15, -0.1) is 0 Å². The number of aliphatic hydroxyl groups excluding tert-OH is 1. The zero-order chi connectivity index (χ0) is 20.9. The second-order valence-corrected chi connectivity index (χ2v) is 7.12. The fourth-order valence-electron chi connectivity index (χ4n) is 2.88. The molecule has 152 valence electrons. The van der Waals surface area contributed by atoms with Gasteiger partial charge in [0.1, 0.15) is 5.75 Å². The van der Waals surface area contributed by atoms with Crippen LogP contribution in [0.4, 0.5) is 8.78 Å². The van der Waals surface area contributed by atoms with Gasteiger partial charge in [0, 0.05) is 24.1 Å². The molecule has 2 rings (SSSR count). The van der Waals surface area contributed by atoms with E-state index in [9.17, 15) is 18.7 Å². The third-order valence-corrected chi connectivity index (χ3v) is 4.65.